The second kappa shape index (κ2) is 9.21. The molecule has 0 radical (unpaired) electrons. The highest BCUT2D eigenvalue weighted by atomic mass is 14.9. The van der Waals surface area contributed by atoms with Crippen molar-refractivity contribution in [2.24, 2.45) is 0 Å². The third kappa shape index (κ3) is 5.86. The highest BCUT2D eigenvalue weighted by molar-refractivity contribution is 4.97. The second-order valence-electron chi connectivity index (χ2n) is 4.85. The number of nitrogens with zero attached hydrogens (tertiary/aromatic N) is 1. The van der Waals surface area contributed by atoms with Gasteiger partial charge in [0.15, 0.2) is 11.9 Å². The average Bonchev–Trinajstić information content (AvgIpc) is 2.38. The van der Waals surface area contributed by atoms with Gasteiger partial charge in [0.25, 0.3) is 0 Å². The molecule has 1 heterocycles. The molecule has 0 aromatic carbocycles. The van der Waals surface area contributed by atoms with Crippen LogP contribution in [0.5, 0.6) is 0 Å². The normalized spacial score (nSPS) is 10.7. The monoisotopic (exact) mass is 234 g/mol. The SMILES string of the molecule is CCCCCCCCCc1cccc[n+]1CC. The molecule has 0 atom stereocenters. The van der Waals surface area contributed by atoms with Crippen LogP contribution < -0.4 is 4.57 Å². The van der Waals surface area contributed by atoms with E-state index in [0.29, 0.717) is 0 Å². The lowest BCUT2D eigenvalue weighted by Gasteiger charge is -2.02. The molecule has 0 saturated carbocycles. The van der Waals surface area contributed by atoms with Crippen molar-refractivity contribution >= 4 is 0 Å². The zero-order valence-corrected chi connectivity index (χ0v) is 11.6. The molecule has 0 unspecified atom stereocenters. The van der Waals surface area contributed by atoms with E-state index in [1.54, 1.807) is 0 Å². The second-order valence-corrected chi connectivity index (χ2v) is 4.85. The summed E-state index contributed by atoms with van der Waals surface area (Å²) in [6.07, 6.45) is 13.2. The molecule has 96 valence electrons. The molecule has 17 heavy (non-hydrogen) atoms. The first kappa shape index (κ1) is 14.2. The van der Waals surface area contributed by atoms with Gasteiger partial charge in [0.1, 0.15) is 6.54 Å². The van der Waals surface area contributed by atoms with Crippen molar-refractivity contribution in [3.05, 3.63) is 30.1 Å². The summed E-state index contributed by atoms with van der Waals surface area (Å²) in [6.45, 7) is 5.58. The highest BCUT2D eigenvalue weighted by Gasteiger charge is 2.05. The fourth-order valence-electron chi connectivity index (χ4n) is 2.31. The molecule has 0 aliphatic heterocycles. The molecule has 0 spiro atoms. The molecule has 1 nitrogen and oxygen atoms in total. The van der Waals surface area contributed by atoms with Crippen molar-refractivity contribution in [1.82, 2.24) is 0 Å². The summed E-state index contributed by atoms with van der Waals surface area (Å²) in [5.41, 5.74) is 1.49. The Balaban J connectivity index is 2.13. The van der Waals surface area contributed by atoms with Gasteiger partial charge in [-0.2, -0.15) is 0 Å². The van der Waals surface area contributed by atoms with Crippen LogP contribution in [0.4, 0.5) is 0 Å². The van der Waals surface area contributed by atoms with Gasteiger partial charge in [-0.15, -0.1) is 0 Å². The Hall–Kier alpha value is -0.850. The number of hydrogen-bond acceptors (Lipinski definition) is 0. The van der Waals surface area contributed by atoms with Crippen molar-refractivity contribution in [1.29, 1.82) is 0 Å². The van der Waals surface area contributed by atoms with Crippen molar-refractivity contribution in [2.75, 3.05) is 0 Å². The zero-order chi connectivity index (χ0) is 12.3. The van der Waals surface area contributed by atoms with Crippen LogP contribution in [0.25, 0.3) is 0 Å². The Morgan fingerprint density at radius 2 is 1.59 bits per heavy atom. The molecule has 0 aliphatic carbocycles. The number of aryl methyl sites for hydroxylation is 2. The average molecular weight is 234 g/mol. The molecule has 1 aromatic rings. The Morgan fingerprint density at radius 1 is 0.882 bits per heavy atom. The van der Waals surface area contributed by atoms with Gasteiger partial charge in [0, 0.05) is 18.6 Å². The molecular weight excluding hydrogens is 206 g/mol. The number of aromatic nitrogens is 1. The lowest BCUT2D eigenvalue weighted by molar-refractivity contribution is -0.700. The number of pyridine rings is 1. The molecular formula is C16H28N+. The van der Waals surface area contributed by atoms with E-state index in [2.05, 4.69) is 42.8 Å². The first-order valence-corrected chi connectivity index (χ1v) is 7.35. The minimum absolute atomic E-state index is 1.09. The summed E-state index contributed by atoms with van der Waals surface area (Å²) in [5, 5.41) is 0. The van der Waals surface area contributed by atoms with Crippen LogP contribution in [0.1, 0.15) is 64.5 Å². The minimum atomic E-state index is 1.09. The molecule has 1 rings (SSSR count). The van der Waals surface area contributed by atoms with Crippen LogP contribution in [-0.2, 0) is 13.0 Å². The third-order valence-corrected chi connectivity index (χ3v) is 3.41. The molecule has 1 aromatic heterocycles. The largest absolute Gasteiger partial charge is 0.203 e. The maximum Gasteiger partial charge on any atom is 0.181 e. The van der Waals surface area contributed by atoms with Crippen LogP contribution in [0.15, 0.2) is 24.4 Å². The van der Waals surface area contributed by atoms with Gasteiger partial charge >= 0.3 is 0 Å². The summed E-state index contributed by atoms with van der Waals surface area (Å²) in [6, 6.07) is 6.54. The smallest absolute Gasteiger partial charge is 0.181 e. The van der Waals surface area contributed by atoms with Gasteiger partial charge in [-0.1, -0.05) is 51.5 Å². The van der Waals surface area contributed by atoms with Crippen LogP contribution >= 0.6 is 0 Å². The van der Waals surface area contributed by atoms with Gasteiger partial charge < -0.3 is 0 Å². The minimum Gasteiger partial charge on any atom is -0.203 e. The Morgan fingerprint density at radius 3 is 2.29 bits per heavy atom. The van der Waals surface area contributed by atoms with Gasteiger partial charge in [-0.05, 0) is 13.3 Å². The predicted octanol–water partition coefficient (Wildman–Crippen LogP) is 4.29. The van der Waals surface area contributed by atoms with Crippen LogP contribution in [0, 0.1) is 0 Å². The van der Waals surface area contributed by atoms with Crippen molar-refractivity contribution in [3.8, 4) is 0 Å². The first-order valence-electron chi connectivity index (χ1n) is 7.35. The topological polar surface area (TPSA) is 3.88 Å². The van der Waals surface area contributed by atoms with E-state index in [0.717, 1.165) is 6.54 Å². The number of unbranched alkanes of at least 4 members (excludes halogenated alkanes) is 6. The zero-order valence-electron chi connectivity index (χ0n) is 11.6. The van der Waals surface area contributed by atoms with E-state index in [9.17, 15) is 0 Å². The van der Waals surface area contributed by atoms with Crippen molar-refractivity contribution < 1.29 is 4.57 Å². The molecule has 0 bridgehead atoms. The lowest BCUT2D eigenvalue weighted by atomic mass is 10.1. The standard InChI is InChI=1S/C16H28N/c1-3-5-6-7-8-9-10-13-16-14-11-12-15-17(16)4-2/h11-12,14-15H,3-10,13H2,1-2H3/q+1. The van der Waals surface area contributed by atoms with E-state index in [1.807, 2.05) is 0 Å². The van der Waals surface area contributed by atoms with E-state index in [1.165, 1.54) is 57.1 Å². The Bertz CT molecular complexity index is 293. The highest BCUT2D eigenvalue weighted by Crippen LogP contribution is 2.08. The Labute approximate surface area is 107 Å². The lowest BCUT2D eigenvalue weighted by Crippen LogP contribution is -2.36. The molecule has 0 fully saturated rings. The third-order valence-electron chi connectivity index (χ3n) is 3.41. The number of hydrogen-bond donors (Lipinski definition) is 0. The molecule has 0 amide bonds. The van der Waals surface area contributed by atoms with Crippen LogP contribution in [0.3, 0.4) is 0 Å². The maximum atomic E-state index is 2.36. The van der Waals surface area contributed by atoms with E-state index < -0.39 is 0 Å². The van der Waals surface area contributed by atoms with E-state index in [4.69, 9.17) is 0 Å². The van der Waals surface area contributed by atoms with E-state index in [-0.39, 0.29) is 0 Å². The molecule has 0 aliphatic rings. The van der Waals surface area contributed by atoms with Crippen LogP contribution in [-0.4, -0.2) is 0 Å². The van der Waals surface area contributed by atoms with Gasteiger partial charge in [0.05, 0.1) is 0 Å². The summed E-state index contributed by atoms with van der Waals surface area (Å²) >= 11 is 0. The van der Waals surface area contributed by atoms with Crippen LogP contribution in [0.2, 0.25) is 0 Å². The van der Waals surface area contributed by atoms with Gasteiger partial charge in [0.2, 0.25) is 0 Å². The van der Waals surface area contributed by atoms with E-state index >= 15 is 0 Å². The number of rotatable bonds is 9. The summed E-state index contributed by atoms with van der Waals surface area (Å²) in [4.78, 5) is 0. The summed E-state index contributed by atoms with van der Waals surface area (Å²) < 4.78 is 2.36. The van der Waals surface area contributed by atoms with Crippen molar-refractivity contribution in [2.45, 2.75) is 71.8 Å². The molecule has 0 N–H and O–H groups in total. The maximum absolute atomic E-state index is 2.36. The van der Waals surface area contributed by atoms with Gasteiger partial charge in [-0.25, -0.2) is 4.57 Å². The quantitative estimate of drug-likeness (QED) is 0.443. The van der Waals surface area contributed by atoms with Gasteiger partial charge in [-0.3, -0.25) is 0 Å². The summed E-state index contributed by atoms with van der Waals surface area (Å²) in [7, 11) is 0. The fourth-order valence-corrected chi connectivity index (χ4v) is 2.31. The first-order chi connectivity index (χ1) is 8.38. The Kier molecular flexibility index (Phi) is 7.70. The fraction of sp³-hybridized carbons (Fsp3) is 0.688. The summed E-state index contributed by atoms with van der Waals surface area (Å²) in [5.74, 6) is 0. The predicted molar refractivity (Wildman–Crippen MR) is 74.0 cm³/mol. The molecule has 1 heteroatoms. The van der Waals surface area contributed by atoms with Crippen molar-refractivity contribution in [3.63, 3.8) is 0 Å². The molecule has 0 saturated heterocycles.